The first kappa shape index (κ1) is 15.8. The average molecular weight is 356 g/mol. The van der Waals surface area contributed by atoms with Crippen molar-refractivity contribution in [3.05, 3.63) is 70.3 Å². The second-order valence-electron chi connectivity index (χ2n) is 4.59. The predicted molar refractivity (Wildman–Crippen MR) is 91.3 cm³/mol. The lowest BCUT2D eigenvalue weighted by Crippen LogP contribution is -2.14. The molecule has 22 heavy (non-hydrogen) atoms. The normalized spacial score (nSPS) is 10.7. The summed E-state index contributed by atoms with van der Waals surface area (Å²) < 4.78 is 0.974. The summed E-state index contributed by atoms with van der Waals surface area (Å²) in [6.45, 7) is 1.94. The molecule has 0 unspecified atom stereocenters. The van der Waals surface area contributed by atoms with Gasteiger partial charge in [-0.2, -0.15) is 5.26 Å². The number of benzene rings is 2. The van der Waals surface area contributed by atoms with Crippen molar-refractivity contribution in [2.75, 3.05) is 10.6 Å². The molecule has 2 N–H and O–H groups in total. The standard InChI is InChI=1S/C17H14BrN3O/c1-12-9-14(18)7-8-16(12)20-11-13(10-19)17(22)21-15-5-3-2-4-6-15/h2-9,11,20H,1H3,(H,21,22). The zero-order valence-electron chi connectivity index (χ0n) is 11.9. The fourth-order valence-electron chi connectivity index (χ4n) is 1.81. The Labute approximate surface area is 137 Å². The number of rotatable bonds is 4. The third-order valence-electron chi connectivity index (χ3n) is 2.96. The molecular formula is C17H14BrN3O. The maximum Gasteiger partial charge on any atom is 0.267 e. The lowest BCUT2D eigenvalue weighted by Gasteiger charge is -2.07. The summed E-state index contributed by atoms with van der Waals surface area (Å²) in [6, 6.07) is 16.6. The van der Waals surface area contributed by atoms with E-state index in [0.717, 1.165) is 15.7 Å². The molecule has 1 amide bonds. The van der Waals surface area contributed by atoms with Crippen LogP contribution >= 0.6 is 15.9 Å². The van der Waals surface area contributed by atoms with E-state index in [9.17, 15) is 4.79 Å². The Bertz CT molecular complexity index is 748. The Morgan fingerprint density at radius 3 is 2.59 bits per heavy atom. The minimum Gasteiger partial charge on any atom is -0.360 e. The van der Waals surface area contributed by atoms with Crippen LogP contribution in [0.1, 0.15) is 5.56 Å². The Morgan fingerprint density at radius 1 is 1.23 bits per heavy atom. The molecule has 0 aliphatic carbocycles. The van der Waals surface area contributed by atoms with Crippen LogP contribution in [0.4, 0.5) is 11.4 Å². The molecule has 0 bridgehead atoms. The van der Waals surface area contributed by atoms with Crippen LogP contribution in [0.5, 0.6) is 0 Å². The van der Waals surface area contributed by atoms with Crippen molar-refractivity contribution in [2.24, 2.45) is 0 Å². The average Bonchev–Trinajstić information content (AvgIpc) is 2.50. The van der Waals surface area contributed by atoms with Gasteiger partial charge in [-0.1, -0.05) is 34.1 Å². The molecule has 0 saturated carbocycles. The number of amides is 1. The SMILES string of the molecule is Cc1cc(Br)ccc1NC=C(C#N)C(=O)Nc1ccccc1. The molecule has 0 fully saturated rings. The topological polar surface area (TPSA) is 64.9 Å². The number of hydrogen-bond donors (Lipinski definition) is 2. The lowest BCUT2D eigenvalue weighted by atomic mass is 10.2. The predicted octanol–water partition coefficient (Wildman–Crippen LogP) is 4.22. The molecule has 0 aliphatic rings. The van der Waals surface area contributed by atoms with Gasteiger partial charge in [0.2, 0.25) is 0 Å². The van der Waals surface area contributed by atoms with Gasteiger partial charge in [-0.05, 0) is 42.8 Å². The Balaban J connectivity index is 2.10. The first-order valence-electron chi connectivity index (χ1n) is 6.59. The van der Waals surface area contributed by atoms with Gasteiger partial charge in [-0.25, -0.2) is 0 Å². The van der Waals surface area contributed by atoms with Crippen LogP contribution in [0.15, 0.2) is 64.8 Å². The van der Waals surface area contributed by atoms with E-state index in [1.54, 1.807) is 12.1 Å². The number of halogens is 1. The molecule has 0 aromatic heterocycles. The van der Waals surface area contributed by atoms with Crippen molar-refractivity contribution >= 4 is 33.2 Å². The Kier molecular flexibility index (Phi) is 5.34. The molecule has 0 heterocycles. The zero-order valence-corrected chi connectivity index (χ0v) is 13.5. The largest absolute Gasteiger partial charge is 0.360 e. The van der Waals surface area contributed by atoms with Crippen LogP contribution in [-0.2, 0) is 4.79 Å². The third kappa shape index (κ3) is 4.21. The zero-order chi connectivity index (χ0) is 15.9. The summed E-state index contributed by atoms with van der Waals surface area (Å²) in [5, 5.41) is 14.8. The molecular weight excluding hydrogens is 342 g/mol. The molecule has 0 aliphatic heterocycles. The molecule has 2 rings (SSSR count). The van der Waals surface area contributed by atoms with Crippen LogP contribution < -0.4 is 10.6 Å². The van der Waals surface area contributed by atoms with Gasteiger partial charge < -0.3 is 10.6 Å². The van der Waals surface area contributed by atoms with E-state index in [-0.39, 0.29) is 5.57 Å². The van der Waals surface area contributed by atoms with Crippen molar-refractivity contribution in [3.8, 4) is 6.07 Å². The van der Waals surface area contributed by atoms with Gasteiger partial charge in [0.1, 0.15) is 11.6 Å². The summed E-state index contributed by atoms with van der Waals surface area (Å²) in [5.74, 6) is -0.448. The van der Waals surface area contributed by atoms with Crippen LogP contribution in [0.25, 0.3) is 0 Å². The summed E-state index contributed by atoms with van der Waals surface area (Å²) in [7, 11) is 0. The summed E-state index contributed by atoms with van der Waals surface area (Å²) in [5.41, 5.74) is 2.49. The summed E-state index contributed by atoms with van der Waals surface area (Å²) in [4.78, 5) is 12.1. The number of nitrogens with one attached hydrogen (secondary N) is 2. The molecule has 2 aromatic rings. The number of nitriles is 1. The molecule has 0 spiro atoms. The highest BCUT2D eigenvalue weighted by molar-refractivity contribution is 9.10. The number of carbonyl (C=O) groups is 1. The molecule has 2 aromatic carbocycles. The summed E-state index contributed by atoms with van der Waals surface area (Å²) in [6.07, 6.45) is 1.41. The smallest absolute Gasteiger partial charge is 0.267 e. The van der Waals surface area contributed by atoms with Crippen molar-refractivity contribution in [1.29, 1.82) is 5.26 Å². The highest BCUT2D eigenvalue weighted by Gasteiger charge is 2.09. The molecule has 5 heteroatoms. The van der Waals surface area contributed by atoms with Gasteiger partial charge in [-0.3, -0.25) is 4.79 Å². The van der Waals surface area contributed by atoms with E-state index in [4.69, 9.17) is 5.26 Å². The number of nitrogens with zero attached hydrogens (tertiary/aromatic N) is 1. The number of para-hydroxylation sites is 1. The monoisotopic (exact) mass is 355 g/mol. The Hall–Kier alpha value is -2.58. The van der Waals surface area contributed by atoms with E-state index in [1.807, 2.05) is 49.4 Å². The second-order valence-corrected chi connectivity index (χ2v) is 5.51. The van der Waals surface area contributed by atoms with Gasteiger partial charge in [0, 0.05) is 22.0 Å². The number of hydrogen-bond acceptors (Lipinski definition) is 3. The van der Waals surface area contributed by atoms with Crippen molar-refractivity contribution in [2.45, 2.75) is 6.92 Å². The van der Waals surface area contributed by atoms with Gasteiger partial charge in [-0.15, -0.1) is 0 Å². The van der Waals surface area contributed by atoms with E-state index < -0.39 is 5.91 Å². The fraction of sp³-hybridized carbons (Fsp3) is 0.0588. The Morgan fingerprint density at radius 2 is 1.95 bits per heavy atom. The van der Waals surface area contributed by atoms with Gasteiger partial charge >= 0.3 is 0 Å². The van der Waals surface area contributed by atoms with Crippen LogP contribution in [0.2, 0.25) is 0 Å². The molecule has 0 atom stereocenters. The van der Waals surface area contributed by atoms with Crippen LogP contribution in [0, 0.1) is 18.3 Å². The van der Waals surface area contributed by atoms with Gasteiger partial charge in [0.25, 0.3) is 5.91 Å². The van der Waals surface area contributed by atoms with E-state index >= 15 is 0 Å². The maximum absolute atomic E-state index is 12.1. The molecule has 0 radical (unpaired) electrons. The van der Waals surface area contributed by atoms with Crippen molar-refractivity contribution in [3.63, 3.8) is 0 Å². The number of aryl methyl sites for hydroxylation is 1. The number of anilines is 2. The number of carbonyl (C=O) groups excluding carboxylic acids is 1. The highest BCUT2D eigenvalue weighted by atomic mass is 79.9. The van der Waals surface area contributed by atoms with Gasteiger partial charge in [0.15, 0.2) is 0 Å². The van der Waals surface area contributed by atoms with Crippen LogP contribution in [0.3, 0.4) is 0 Å². The van der Waals surface area contributed by atoms with Gasteiger partial charge in [0.05, 0.1) is 0 Å². The minimum atomic E-state index is -0.448. The van der Waals surface area contributed by atoms with Crippen LogP contribution in [-0.4, -0.2) is 5.91 Å². The molecule has 0 saturated heterocycles. The quantitative estimate of drug-likeness (QED) is 0.637. The van der Waals surface area contributed by atoms with E-state index in [1.165, 1.54) is 6.20 Å². The first-order chi connectivity index (χ1) is 10.6. The summed E-state index contributed by atoms with van der Waals surface area (Å²) >= 11 is 3.39. The maximum atomic E-state index is 12.1. The van der Waals surface area contributed by atoms with Crippen molar-refractivity contribution in [1.82, 2.24) is 0 Å². The lowest BCUT2D eigenvalue weighted by molar-refractivity contribution is -0.112. The third-order valence-corrected chi connectivity index (χ3v) is 3.45. The molecule has 110 valence electrons. The first-order valence-corrected chi connectivity index (χ1v) is 7.39. The van der Waals surface area contributed by atoms with E-state index in [2.05, 4.69) is 26.6 Å². The second kappa shape index (κ2) is 7.43. The fourth-order valence-corrected chi connectivity index (χ4v) is 2.28. The minimum absolute atomic E-state index is 0.00571. The van der Waals surface area contributed by atoms with Crippen molar-refractivity contribution < 1.29 is 4.79 Å². The van der Waals surface area contributed by atoms with E-state index in [0.29, 0.717) is 5.69 Å². The highest BCUT2D eigenvalue weighted by Crippen LogP contribution is 2.20. The molecule has 4 nitrogen and oxygen atoms in total.